The van der Waals surface area contributed by atoms with Gasteiger partial charge < -0.3 is 5.73 Å². The Morgan fingerprint density at radius 1 is 1.69 bits per heavy atom. The Morgan fingerprint density at radius 3 is 3.00 bits per heavy atom. The first-order valence-corrected chi connectivity index (χ1v) is 5.10. The maximum atomic E-state index is 6.16. The monoisotopic (exact) mass is 179 g/mol. The number of nitrogens with two attached hydrogens (primary N) is 1. The minimum atomic E-state index is 0.205. The van der Waals surface area contributed by atoms with Gasteiger partial charge in [-0.3, -0.25) is 4.68 Å². The van der Waals surface area contributed by atoms with Crippen molar-refractivity contribution in [1.29, 1.82) is 0 Å². The van der Waals surface area contributed by atoms with Gasteiger partial charge >= 0.3 is 0 Å². The van der Waals surface area contributed by atoms with Gasteiger partial charge in [0.05, 0.1) is 5.69 Å². The van der Waals surface area contributed by atoms with E-state index in [4.69, 9.17) is 5.73 Å². The van der Waals surface area contributed by atoms with E-state index in [1.807, 2.05) is 16.9 Å². The van der Waals surface area contributed by atoms with Crippen LogP contribution in [-0.4, -0.2) is 9.78 Å². The van der Waals surface area contributed by atoms with E-state index in [0.29, 0.717) is 5.92 Å². The molecule has 1 heterocycles. The Balaban J connectivity index is 2.13. The minimum Gasteiger partial charge on any atom is -0.322 e. The zero-order valence-corrected chi connectivity index (χ0v) is 8.11. The van der Waals surface area contributed by atoms with Crippen LogP contribution in [0.25, 0.3) is 0 Å². The van der Waals surface area contributed by atoms with Crippen molar-refractivity contribution in [1.82, 2.24) is 9.78 Å². The molecular weight excluding hydrogens is 162 g/mol. The smallest absolute Gasteiger partial charge is 0.0554 e. The molecule has 1 fully saturated rings. The van der Waals surface area contributed by atoms with Gasteiger partial charge in [-0.1, -0.05) is 6.42 Å². The first-order valence-electron chi connectivity index (χ1n) is 5.10. The van der Waals surface area contributed by atoms with E-state index >= 15 is 0 Å². The molecule has 1 aromatic rings. The zero-order valence-electron chi connectivity index (χ0n) is 8.11. The predicted molar refractivity (Wildman–Crippen MR) is 52.2 cm³/mol. The van der Waals surface area contributed by atoms with E-state index in [1.54, 1.807) is 0 Å². The fourth-order valence-corrected chi connectivity index (χ4v) is 1.93. The average Bonchev–Trinajstić information content (AvgIpc) is 2.47. The van der Waals surface area contributed by atoms with Crippen LogP contribution in [0.15, 0.2) is 12.3 Å². The van der Waals surface area contributed by atoms with Gasteiger partial charge in [0.2, 0.25) is 0 Å². The Hall–Kier alpha value is -0.830. The highest BCUT2D eigenvalue weighted by Gasteiger charge is 2.27. The molecule has 13 heavy (non-hydrogen) atoms. The normalized spacial score (nSPS) is 19.8. The van der Waals surface area contributed by atoms with Crippen molar-refractivity contribution in [2.75, 3.05) is 0 Å². The van der Waals surface area contributed by atoms with E-state index < -0.39 is 0 Å². The lowest BCUT2D eigenvalue weighted by molar-refractivity contribution is 0.255. The number of aromatic nitrogens is 2. The number of hydrogen-bond acceptors (Lipinski definition) is 2. The molecule has 72 valence electrons. The van der Waals surface area contributed by atoms with Gasteiger partial charge in [0.15, 0.2) is 0 Å². The maximum absolute atomic E-state index is 6.16. The van der Waals surface area contributed by atoms with Crippen molar-refractivity contribution in [2.24, 2.45) is 11.7 Å². The van der Waals surface area contributed by atoms with Gasteiger partial charge in [-0.2, -0.15) is 5.10 Å². The van der Waals surface area contributed by atoms with Gasteiger partial charge in [-0.25, -0.2) is 0 Å². The van der Waals surface area contributed by atoms with Gasteiger partial charge in [-0.15, -0.1) is 0 Å². The maximum Gasteiger partial charge on any atom is 0.0554 e. The molecule has 1 atom stereocenters. The SMILES string of the molecule is CCn1nccc1C(N)C1CCC1. The summed E-state index contributed by atoms with van der Waals surface area (Å²) in [5, 5.41) is 4.23. The van der Waals surface area contributed by atoms with Crippen LogP contribution in [0.3, 0.4) is 0 Å². The minimum absolute atomic E-state index is 0.205. The summed E-state index contributed by atoms with van der Waals surface area (Å²) < 4.78 is 2.00. The van der Waals surface area contributed by atoms with E-state index in [2.05, 4.69) is 12.0 Å². The van der Waals surface area contributed by atoms with Crippen molar-refractivity contribution in [3.05, 3.63) is 18.0 Å². The van der Waals surface area contributed by atoms with Crippen LogP contribution in [-0.2, 0) is 6.54 Å². The van der Waals surface area contributed by atoms with E-state index in [0.717, 1.165) is 6.54 Å². The second-order valence-electron chi connectivity index (χ2n) is 3.79. The molecule has 1 aliphatic rings. The lowest BCUT2D eigenvalue weighted by Crippen LogP contribution is -2.28. The van der Waals surface area contributed by atoms with Crippen LogP contribution >= 0.6 is 0 Å². The third kappa shape index (κ3) is 1.48. The summed E-state index contributed by atoms with van der Waals surface area (Å²) in [4.78, 5) is 0. The molecule has 2 N–H and O–H groups in total. The summed E-state index contributed by atoms with van der Waals surface area (Å²) >= 11 is 0. The molecule has 0 aromatic carbocycles. The average molecular weight is 179 g/mol. The highest BCUT2D eigenvalue weighted by Crippen LogP contribution is 2.35. The Labute approximate surface area is 78.9 Å². The van der Waals surface area contributed by atoms with E-state index in [-0.39, 0.29) is 6.04 Å². The molecular formula is C10H17N3. The fraction of sp³-hybridized carbons (Fsp3) is 0.700. The first-order chi connectivity index (χ1) is 6.33. The molecule has 0 saturated heterocycles. The van der Waals surface area contributed by atoms with Crippen LogP contribution in [0.1, 0.15) is 37.9 Å². The molecule has 1 unspecified atom stereocenters. The highest BCUT2D eigenvalue weighted by molar-refractivity contribution is 5.08. The van der Waals surface area contributed by atoms with Gasteiger partial charge in [0, 0.05) is 18.8 Å². The topological polar surface area (TPSA) is 43.8 Å². The molecule has 3 nitrogen and oxygen atoms in total. The number of rotatable bonds is 3. The highest BCUT2D eigenvalue weighted by atomic mass is 15.3. The van der Waals surface area contributed by atoms with Crippen molar-refractivity contribution in [3.63, 3.8) is 0 Å². The summed E-state index contributed by atoms with van der Waals surface area (Å²) in [5.41, 5.74) is 7.36. The molecule has 1 aliphatic carbocycles. The van der Waals surface area contributed by atoms with Crippen molar-refractivity contribution < 1.29 is 0 Å². The van der Waals surface area contributed by atoms with Gasteiger partial charge in [0.1, 0.15) is 0 Å². The summed E-state index contributed by atoms with van der Waals surface area (Å²) in [6.07, 6.45) is 5.77. The molecule has 2 rings (SSSR count). The van der Waals surface area contributed by atoms with Crippen molar-refractivity contribution >= 4 is 0 Å². The van der Waals surface area contributed by atoms with Crippen LogP contribution < -0.4 is 5.73 Å². The lowest BCUT2D eigenvalue weighted by Gasteiger charge is -2.31. The summed E-state index contributed by atoms with van der Waals surface area (Å²) in [5.74, 6) is 0.696. The number of nitrogens with zero attached hydrogens (tertiary/aromatic N) is 2. The molecule has 0 radical (unpaired) electrons. The first kappa shape index (κ1) is 8.75. The standard InChI is InChI=1S/C10H17N3/c1-2-13-9(6-7-12-13)10(11)8-4-3-5-8/h6-8,10H,2-5,11H2,1H3. The van der Waals surface area contributed by atoms with Crippen molar-refractivity contribution in [3.8, 4) is 0 Å². The van der Waals surface area contributed by atoms with Crippen LogP contribution in [0.5, 0.6) is 0 Å². The summed E-state index contributed by atoms with van der Waals surface area (Å²) in [6.45, 7) is 3.02. The molecule has 0 bridgehead atoms. The van der Waals surface area contributed by atoms with Gasteiger partial charge in [-0.05, 0) is 31.7 Å². The molecule has 0 amide bonds. The Bertz CT molecular complexity index is 275. The number of hydrogen-bond donors (Lipinski definition) is 1. The molecule has 3 heteroatoms. The van der Waals surface area contributed by atoms with Crippen LogP contribution in [0.4, 0.5) is 0 Å². The Kier molecular flexibility index (Phi) is 2.36. The molecule has 1 aromatic heterocycles. The van der Waals surface area contributed by atoms with Crippen LogP contribution in [0, 0.1) is 5.92 Å². The Morgan fingerprint density at radius 2 is 2.46 bits per heavy atom. The number of aryl methyl sites for hydroxylation is 1. The van der Waals surface area contributed by atoms with E-state index in [1.165, 1.54) is 25.0 Å². The lowest BCUT2D eigenvalue weighted by atomic mass is 9.79. The molecule has 0 spiro atoms. The van der Waals surface area contributed by atoms with E-state index in [9.17, 15) is 0 Å². The summed E-state index contributed by atoms with van der Waals surface area (Å²) in [6, 6.07) is 2.25. The van der Waals surface area contributed by atoms with Gasteiger partial charge in [0.25, 0.3) is 0 Å². The second kappa shape index (κ2) is 3.50. The summed E-state index contributed by atoms with van der Waals surface area (Å²) in [7, 11) is 0. The fourth-order valence-electron chi connectivity index (χ4n) is 1.93. The van der Waals surface area contributed by atoms with Crippen LogP contribution in [0.2, 0.25) is 0 Å². The molecule has 0 aliphatic heterocycles. The zero-order chi connectivity index (χ0) is 9.26. The predicted octanol–water partition coefficient (Wildman–Crippen LogP) is 1.70. The third-order valence-electron chi connectivity index (χ3n) is 3.05. The molecule has 1 saturated carbocycles. The second-order valence-corrected chi connectivity index (χ2v) is 3.79. The van der Waals surface area contributed by atoms with Crippen molar-refractivity contribution in [2.45, 2.75) is 38.8 Å². The largest absolute Gasteiger partial charge is 0.322 e. The quantitative estimate of drug-likeness (QED) is 0.767. The third-order valence-corrected chi connectivity index (χ3v) is 3.05.